The van der Waals surface area contributed by atoms with Crippen LogP contribution in [0.25, 0.3) is 0 Å². The smallest absolute Gasteiger partial charge is 0.227 e. The topological polar surface area (TPSA) is 69.6 Å². The monoisotopic (exact) mass is 432 g/mol. The van der Waals surface area contributed by atoms with Crippen LogP contribution < -0.4 is 5.32 Å². The first-order valence-corrected chi connectivity index (χ1v) is 10.5. The van der Waals surface area contributed by atoms with Gasteiger partial charge in [-0.3, -0.25) is 9.59 Å². The number of phenols is 1. The summed E-state index contributed by atoms with van der Waals surface area (Å²) in [4.78, 5) is 27.2. The van der Waals surface area contributed by atoms with Crippen molar-refractivity contribution < 1.29 is 14.7 Å². The maximum absolute atomic E-state index is 12.8. The normalized spacial score (nSPS) is 21.7. The largest absolute Gasteiger partial charge is 0.508 e. The number of nitrogens with zero attached hydrogens (tertiary/aromatic N) is 1. The van der Waals surface area contributed by atoms with Crippen LogP contribution in [0.4, 0.5) is 5.69 Å². The van der Waals surface area contributed by atoms with Gasteiger partial charge < -0.3 is 15.3 Å². The van der Waals surface area contributed by atoms with Crippen molar-refractivity contribution in [2.75, 3.05) is 18.4 Å². The first-order chi connectivity index (χ1) is 13.9. The summed E-state index contributed by atoms with van der Waals surface area (Å²) in [6.07, 6.45) is 2.14. The number of amides is 2. The minimum absolute atomic E-state index is 0.00499. The van der Waals surface area contributed by atoms with Crippen molar-refractivity contribution in [3.05, 3.63) is 58.1 Å². The second-order valence-corrected chi connectivity index (χ2v) is 8.57. The van der Waals surface area contributed by atoms with Gasteiger partial charge in [-0.2, -0.15) is 0 Å². The summed E-state index contributed by atoms with van der Waals surface area (Å²) in [6.45, 7) is 1.19. The minimum Gasteiger partial charge on any atom is -0.508 e. The number of nitrogens with one attached hydrogen (secondary N) is 1. The van der Waals surface area contributed by atoms with E-state index in [2.05, 4.69) is 5.32 Å². The van der Waals surface area contributed by atoms with Gasteiger partial charge in [-0.15, -0.1) is 0 Å². The van der Waals surface area contributed by atoms with Gasteiger partial charge in [-0.25, -0.2) is 0 Å². The number of rotatable bonds is 4. The third-order valence-corrected chi connectivity index (χ3v) is 6.53. The first-order valence-electron chi connectivity index (χ1n) is 9.76. The van der Waals surface area contributed by atoms with E-state index >= 15 is 0 Å². The molecular weight excluding hydrogens is 411 g/mol. The number of phenolic OH excluding ortho intramolecular Hbond substituents is 1. The van der Waals surface area contributed by atoms with Crippen LogP contribution in [0.5, 0.6) is 5.75 Å². The average Bonchev–Trinajstić information content (AvgIpc) is 3.52. The number of likely N-dealkylation sites (tertiary alicyclic amines) is 1. The molecule has 1 saturated carbocycles. The Morgan fingerprint density at radius 1 is 1.00 bits per heavy atom. The highest BCUT2D eigenvalue weighted by atomic mass is 35.5. The lowest BCUT2D eigenvalue weighted by Gasteiger charge is -2.31. The van der Waals surface area contributed by atoms with Gasteiger partial charge in [0.25, 0.3) is 0 Å². The van der Waals surface area contributed by atoms with Crippen molar-refractivity contribution in [2.45, 2.75) is 25.2 Å². The number of halogens is 2. The van der Waals surface area contributed by atoms with E-state index in [1.807, 2.05) is 17.0 Å². The van der Waals surface area contributed by atoms with E-state index in [0.29, 0.717) is 41.7 Å². The molecule has 0 unspecified atom stereocenters. The summed E-state index contributed by atoms with van der Waals surface area (Å²) < 4.78 is 0. The Hall–Kier alpha value is -2.24. The minimum atomic E-state index is -0.113. The molecule has 0 radical (unpaired) electrons. The van der Waals surface area contributed by atoms with Crippen LogP contribution in [0, 0.1) is 11.8 Å². The zero-order valence-electron chi connectivity index (χ0n) is 15.8. The summed E-state index contributed by atoms with van der Waals surface area (Å²) in [5.41, 5.74) is 1.72. The summed E-state index contributed by atoms with van der Waals surface area (Å²) in [7, 11) is 0. The molecule has 2 aliphatic rings. The third-order valence-electron chi connectivity index (χ3n) is 5.79. The lowest BCUT2D eigenvalue weighted by molar-refractivity contribution is -0.135. The highest BCUT2D eigenvalue weighted by Crippen LogP contribution is 2.49. The third kappa shape index (κ3) is 4.51. The number of hydrogen-bond donors (Lipinski definition) is 2. The predicted octanol–water partition coefficient (Wildman–Crippen LogP) is 4.68. The molecule has 2 fully saturated rings. The molecule has 1 heterocycles. The highest BCUT2D eigenvalue weighted by Gasteiger charge is 2.46. The van der Waals surface area contributed by atoms with Gasteiger partial charge in [0.05, 0.1) is 10.0 Å². The Kier molecular flexibility index (Phi) is 5.70. The van der Waals surface area contributed by atoms with Gasteiger partial charge >= 0.3 is 0 Å². The average molecular weight is 433 g/mol. The van der Waals surface area contributed by atoms with E-state index in [0.717, 1.165) is 12.0 Å². The SMILES string of the molecule is O=C(Nc1ccc(O)cc1)C1CCN(C(=O)[C@H]2C[C@@H]2c2ccc(Cl)c(Cl)c2)CC1. The molecule has 1 saturated heterocycles. The molecule has 1 aliphatic heterocycles. The molecule has 2 amide bonds. The summed E-state index contributed by atoms with van der Waals surface area (Å²) >= 11 is 12.1. The molecule has 1 aliphatic carbocycles. The van der Waals surface area contributed by atoms with Gasteiger partial charge in [0.15, 0.2) is 0 Å². The summed E-state index contributed by atoms with van der Waals surface area (Å²) in [6, 6.07) is 12.0. The lowest BCUT2D eigenvalue weighted by atomic mass is 9.95. The van der Waals surface area contributed by atoms with Gasteiger partial charge in [0, 0.05) is 30.6 Å². The molecule has 2 aromatic rings. The molecule has 2 N–H and O–H groups in total. The second kappa shape index (κ2) is 8.25. The Balaban J connectivity index is 1.28. The van der Waals surface area contributed by atoms with E-state index < -0.39 is 0 Å². The molecular formula is C22H22Cl2N2O3. The van der Waals surface area contributed by atoms with E-state index in [1.54, 1.807) is 18.2 Å². The Morgan fingerprint density at radius 2 is 1.69 bits per heavy atom. The number of benzene rings is 2. The number of carbonyl (C=O) groups is 2. The number of anilines is 1. The Labute approximate surface area is 179 Å². The maximum Gasteiger partial charge on any atom is 0.227 e. The Morgan fingerprint density at radius 3 is 2.34 bits per heavy atom. The molecule has 0 bridgehead atoms. The molecule has 0 aromatic heterocycles. The van der Waals surface area contributed by atoms with E-state index in [1.165, 1.54) is 12.1 Å². The van der Waals surface area contributed by atoms with E-state index in [-0.39, 0.29) is 35.3 Å². The summed E-state index contributed by atoms with van der Waals surface area (Å²) in [5, 5.41) is 13.2. The number of aromatic hydroxyl groups is 1. The van der Waals surface area contributed by atoms with Crippen molar-refractivity contribution >= 4 is 40.7 Å². The zero-order valence-corrected chi connectivity index (χ0v) is 17.3. The van der Waals surface area contributed by atoms with Crippen molar-refractivity contribution in [1.29, 1.82) is 0 Å². The molecule has 7 heteroatoms. The number of piperidine rings is 1. The van der Waals surface area contributed by atoms with Crippen molar-refractivity contribution in [2.24, 2.45) is 11.8 Å². The molecule has 152 valence electrons. The quantitative estimate of drug-likeness (QED) is 0.688. The fourth-order valence-electron chi connectivity index (χ4n) is 3.96. The van der Waals surface area contributed by atoms with Gasteiger partial charge in [0.2, 0.25) is 11.8 Å². The zero-order chi connectivity index (χ0) is 20.5. The highest BCUT2D eigenvalue weighted by molar-refractivity contribution is 6.42. The van der Waals surface area contributed by atoms with Gasteiger partial charge in [0.1, 0.15) is 5.75 Å². The van der Waals surface area contributed by atoms with Crippen LogP contribution in [-0.2, 0) is 9.59 Å². The molecule has 0 spiro atoms. The molecule has 4 rings (SSSR count). The van der Waals surface area contributed by atoms with Crippen molar-refractivity contribution in [3.8, 4) is 5.75 Å². The van der Waals surface area contributed by atoms with Crippen molar-refractivity contribution in [1.82, 2.24) is 4.90 Å². The van der Waals surface area contributed by atoms with Crippen LogP contribution in [0.3, 0.4) is 0 Å². The fraction of sp³-hybridized carbons (Fsp3) is 0.364. The first kappa shape index (κ1) is 20.0. The Bertz CT molecular complexity index is 924. The van der Waals surface area contributed by atoms with Crippen LogP contribution in [0.1, 0.15) is 30.7 Å². The van der Waals surface area contributed by atoms with Crippen LogP contribution in [0.15, 0.2) is 42.5 Å². The molecule has 5 nitrogen and oxygen atoms in total. The fourth-order valence-corrected chi connectivity index (χ4v) is 4.27. The van der Waals surface area contributed by atoms with E-state index in [4.69, 9.17) is 23.2 Å². The summed E-state index contributed by atoms with van der Waals surface area (Å²) in [5.74, 6) is 0.371. The number of hydrogen-bond acceptors (Lipinski definition) is 3. The molecule has 29 heavy (non-hydrogen) atoms. The lowest BCUT2D eigenvalue weighted by Crippen LogP contribution is -2.42. The second-order valence-electron chi connectivity index (χ2n) is 7.76. The molecule has 2 atom stereocenters. The van der Waals surface area contributed by atoms with Gasteiger partial charge in [-0.05, 0) is 67.1 Å². The van der Waals surface area contributed by atoms with Crippen LogP contribution >= 0.6 is 23.2 Å². The maximum atomic E-state index is 12.8. The standard InChI is InChI=1S/C22H22Cl2N2O3/c23-19-6-1-14(11-20(19)24)17-12-18(17)22(29)26-9-7-13(8-10-26)21(28)25-15-2-4-16(27)5-3-15/h1-6,11,13,17-18,27H,7-10,12H2,(H,25,28)/t17-,18+/m1/s1. The van der Waals surface area contributed by atoms with Crippen LogP contribution in [-0.4, -0.2) is 34.9 Å². The van der Waals surface area contributed by atoms with E-state index in [9.17, 15) is 14.7 Å². The number of carbonyl (C=O) groups excluding carboxylic acids is 2. The van der Waals surface area contributed by atoms with Gasteiger partial charge in [-0.1, -0.05) is 29.3 Å². The molecule has 2 aromatic carbocycles. The van der Waals surface area contributed by atoms with Crippen molar-refractivity contribution in [3.63, 3.8) is 0 Å². The van der Waals surface area contributed by atoms with Crippen LogP contribution in [0.2, 0.25) is 10.0 Å². The predicted molar refractivity (Wildman–Crippen MR) is 113 cm³/mol.